The number of para-hydroxylation sites is 1. The highest BCUT2D eigenvalue weighted by molar-refractivity contribution is 6.83. The molecular weight excluding hydrogens is 204 g/mol. The van der Waals surface area contributed by atoms with Gasteiger partial charge in [-0.15, -0.1) is 0 Å². The Labute approximate surface area is 83.9 Å². The SMILES string of the molecule is O=C(Cl)C(=O)c1n[nH]c2ccccc12. The van der Waals surface area contributed by atoms with E-state index in [1.165, 1.54) is 0 Å². The molecule has 2 aromatic rings. The molecule has 5 heteroatoms. The average Bonchev–Trinajstić information content (AvgIpc) is 2.60. The normalized spacial score (nSPS) is 10.4. The summed E-state index contributed by atoms with van der Waals surface area (Å²) in [5.74, 6) is -0.788. The third-order valence-corrected chi connectivity index (χ3v) is 2.04. The van der Waals surface area contributed by atoms with Gasteiger partial charge in [0.1, 0.15) is 5.69 Å². The Hall–Kier alpha value is -1.68. The summed E-state index contributed by atoms with van der Waals surface area (Å²) in [5, 5.41) is 5.96. The van der Waals surface area contributed by atoms with E-state index in [-0.39, 0.29) is 5.69 Å². The topological polar surface area (TPSA) is 62.8 Å². The Morgan fingerprint density at radius 3 is 2.71 bits per heavy atom. The highest BCUT2D eigenvalue weighted by Crippen LogP contribution is 2.15. The van der Waals surface area contributed by atoms with Crippen molar-refractivity contribution in [1.29, 1.82) is 0 Å². The number of H-pyrrole nitrogens is 1. The molecule has 1 aromatic heterocycles. The van der Waals surface area contributed by atoms with Crippen LogP contribution in [0.5, 0.6) is 0 Å². The van der Waals surface area contributed by atoms with E-state index in [1.54, 1.807) is 24.3 Å². The predicted molar refractivity (Wildman–Crippen MR) is 51.3 cm³/mol. The number of fused-ring (bicyclic) bond motifs is 1. The first-order chi connectivity index (χ1) is 6.70. The van der Waals surface area contributed by atoms with Crippen molar-refractivity contribution in [2.24, 2.45) is 0 Å². The molecule has 0 aliphatic carbocycles. The number of carbonyl (C=O) groups excluding carboxylic acids is 2. The summed E-state index contributed by atoms with van der Waals surface area (Å²) in [7, 11) is 0. The van der Waals surface area contributed by atoms with Gasteiger partial charge in [-0.05, 0) is 17.7 Å². The molecule has 14 heavy (non-hydrogen) atoms. The van der Waals surface area contributed by atoms with Crippen LogP contribution in [0.25, 0.3) is 10.9 Å². The van der Waals surface area contributed by atoms with Gasteiger partial charge >= 0.3 is 0 Å². The highest BCUT2D eigenvalue weighted by Gasteiger charge is 2.19. The number of carbonyl (C=O) groups is 2. The fraction of sp³-hybridized carbons (Fsp3) is 0. The zero-order valence-corrected chi connectivity index (χ0v) is 7.71. The molecule has 0 spiro atoms. The molecule has 4 nitrogen and oxygen atoms in total. The van der Waals surface area contributed by atoms with Gasteiger partial charge in [0.25, 0.3) is 11.0 Å². The van der Waals surface area contributed by atoms with E-state index >= 15 is 0 Å². The molecular formula is C9H5ClN2O2. The lowest BCUT2D eigenvalue weighted by molar-refractivity contribution is -0.108. The molecule has 0 bridgehead atoms. The highest BCUT2D eigenvalue weighted by atomic mass is 35.5. The molecule has 0 aliphatic heterocycles. The molecule has 0 saturated heterocycles. The minimum absolute atomic E-state index is 0.0700. The van der Waals surface area contributed by atoms with E-state index in [4.69, 9.17) is 11.6 Å². The molecule has 1 aromatic carbocycles. The van der Waals surface area contributed by atoms with Gasteiger partial charge in [0.2, 0.25) is 0 Å². The molecule has 0 saturated carbocycles. The van der Waals surface area contributed by atoms with Crippen molar-refractivity contribution in [2.45, 2.75) is 0 Å². The number of aromatic nitrogens is 2. The summed E-state index contributed by atoms with van der Waals surface area (Å²) < 4.78 is 0. The van der Waals surface area contributed by atoms with E-state index in [1.807, 2.05) is 0 Å². The lowest BCUT2D eigenvalue weighted by Gasteiger charge is -1.89. The van der Waals surface area contributed by atoms with Crippen LogP contribution >= 0.6 is 11.6 Å². The molecule has 0 radical (unpaired) electrons. The van der Waals surface area contributed by atoms with Crippen LogP contribution in [0.4, 0.5) is 0 Å². The van der Waals surface area contributed by atoms with Crippen LogP contribution in [0.1, 0.15) is 10.5 Å². The third kappa shape index (κ3) is 1.29. The van der Waals surface area contributed by atoms with E-state index in [0.29, 0.717) is 10.9 Å². The smallest absolute Gasteiger partial charge is 0.282 e. The molecule has 2 rings (SSSR count). The Balaban J connectivity index is 2.64. The fourth-order valence-electron chi connectivity index (χ4n) is 1.23. The standard InChI is InChI=1S/C9H5ClN2O2/c10-9(14)8(13)7-5-3-1-2-4-6(5)11-12-7/h1-4H,(H,11,12). The van der Waals surface area contributed by atoms with Crippen molar-refractivity contribution < 1.29 is 9.59 Å². The number of rotatable bonds is 2. The van der Waals surface area contributed by atoms with Crippen molar-refractivity contribution in [3.63, 3.8) is 0 Å². The number of aromatic amines is 1. The van der Waals surface area contributed by atoms with Crippen LogP contribution in [-0.2, 0) is 4.79 Å². The number of ketones is 1. The largest absolute Gasteiger partial charge is 0.294 e. The summed E-state index contributed by atoms with van der Waals surface area (Å²) in [6.07, 6.45) is 0. The van der Waals surface area contributed by atoms with Gasteiger partial charge < -0.3 is 0 Å². The van der Waals surface area contributed by atoms with Gasteiger partial charge in [0.15, 0.2) is 0 Å². The van der Waals surface area contributed by atoms with Crippen molar-refractivity contribution in [2.75, 3.05) is 0 Å². The molecule has 0 amide bonds. The van der Waals surface area contributed by atoms with E-state index < -0.39 is 11.0 Å². The number of hydrogen-bond acceptors (Lipinski definition) is 3. The van der Waals surface area contributed by atoms with Crippen molar-refractivity contribution >= 4 is 33.5 Å². The van der Waals surface area contributed by atoms with Gasteiger partial charge in [0, 0.05) is 5.39 Å². The van der Waals surface area contributed by atoms with Crippen LogP contribution < -0.4 is 0 Å². The maximum Gasteiger partial charge on any atom is 0.294 e. The van der Waals surface area contributed by atoms with Crippen LogP contribution in [-0.4, -0.2) is 21.2 Å². The molecule has 0 fully saturated rings. The number of nitrogens with one attached hydrogen (secondary N) is 1. The quantitative estimate of drug-likeness (QED) is 0.462. The van der Waals surface area contributed by atoms with Gasteiger partial charge in [-0.2, -0.15) is 5.10 Å². The molecule has 70 valence electrons. The lowest BCUT2D eigenvalue weighted by Crippen LogP contribution is -2.08. The second kappa shape index (κ2) is 3.23. The summed E-state index contributed by atoms with van der Waals surface area (Å²) >= 11 is 5.08. The van der Waals surface area contributed by atoms with Gasteiger partial charge in [0.05, 0.1) is 5.52 Å². The Kier molecular flexibility index (Phi) is 2.05. The minimum atomic E-state index is -1.03. The maximum absolute atomic E-state index is 11.3. The van der Waals surface area contributed by atoms with E-state index in [9.17, 15) is 9.59 Å². The molecule has 1 N–H and O–H groups in total. The summed E-state index contributed by atoms with van der Waals surface area (Å²) in [4.78, 5) is 21.9. The first-order valence-electron chi connectivity index (χ1n) is 3.87. The van der Waals surface area contributed by atoms with Gasteiger partial charge in [-0.25, -0.2) is 0 Å². The first-order valence-corrected chi connectivity index (χ1v) is 4.25. The minimum Gasteiger partial charge on any atom is -0.282 e. The molecule has 0 unspecified atom stereocenters. The summed E-state index contributed by atoms with van der Waals surface area (Å²) in [6, 6.07) is 7.02. The zero-order chi connectivity index (χ0) is 10.1. The van der Waals surface area contributed by atoms with Gasteiger partial charge in [-0.1, -0.05) is 18.2 Å². The summed E-state index contributed by atoms with van der Waals surface area (Å²) in [6.45, 7) is 0. The van der Waals surface area contributed by atoms with Crippen LogP contribution in [0.15, 0.2) is 24.3 Å². The van der Waals surface area contributed by atoms with E-state index in [0.717, 1.165) is 0 Å². The van der Waals surface area contributed by atoms with Crippen LogP contribution in [0, 0.1) is 0 Å². The lowest BCUT2D eigenvalue weighted by atomic mass is 10.2. The number of Topliss-reactive ketones (excluding diaryl/α,β-unsaturated/α-hetero) is 1. The monoisotopic (exact) mass is 208 g/mol. The molecule has 1 heterocycles. The molecule has 0 atom stereocenters. The molecule has 0 aliphatic rings. The first kappa shape index (κ1) is 8.90. The third-order valence-electron chi connectivity index (χ3n) is 1.86. The zero-order valence-electron chi connectivity index (χ0n) is 6.95. The fourth-order valence-corrected chi connectivity index (χ4v) is 1.32. The number of hydrogen-bond donors (Lipinski definition) is 1. The van der Waals surface area contributed by atoms with Crippen molar-refractivity contribution in [3.8, 4) is 0 Å². The van der Waals surface area contributed by atoms with Gasteiger partial charge in [-0.3, -0.25) is 14.7 Å². The van der Waals surface area contributed by atoms with Crippen molar-refractivity contribution in [1.82, 2.24) is 10.2 Å². The van der Waals surface area contributed by atoms with Crippen LogP contribution in [0.2, 0.25) is 0 Å². The second-order valence-corrected chi connectivity index (χ2v) is 3.06. The second-order valence-electron chi connectivity index (χ2n) is 2.72. The maximum atomic E-state index is 11.3. The Bertz CT molecular complexity index is 518. The number of benzene rings is 1. The summed E-state index contributed by atoms with van der Waals surface area (Å²) in [5.41, 5.74) is 0.773. The number of nitrogens with zero attached hydrogens (tertiary/aromatic N) is 1. The van der Waals surface area contributed by atoms with Crippen molar-refractivity contribution in [3.05, 3.63) is 30.0 Å². The number of halogens is 1. The van der Waals surface area contributed by atoms with Crippen LogP contribution in [0.3, 0.4) is 0 Å². The predicted octanol–water partition coefficient (Wildman–Crippen LogP) is 1.51. The Morgan fingerprint density at radius 2 is 2.00 bits per heavy atom. The van der Waals surface area contributed by atoms with E-state index in [2.05, 4.69) is 10.2 Å². The Morgan fingerprint density at radius 1 is 1.29 bits per heavy atom. The average molecular weight is 209 g/mol.